The van der Waals surface area contributed by atoms with Gasteiger partial charge < -0.3 is 9.80 Å². The predicted molar refractivity (Wildman–Crippen MR) is 101 cm³/mol. The molecule has 3 rings (SSSR count). The molecule has 0 amide bonds. The lowest BCUT2D eigenvalue weighted by Gasteiger charge is -2.36. The van der Waals surface area contributed by atoms with Crippen molar-refractivity contribution in [3.8, 4) is 0 Å². The van der Waals surface area contributed by atoms with E-state index in [1.54, 1.807) is 6.07 Å². The van der Waals surface area contributed by atoms with E-state index >= 15 is 0 Å². The third-order valence-electron chi connectivity index (χ3n) is 4.11. The first kappa shape index (κ1) is 17.5. The molecule has 1 saturated heterocycles. The molecular weight excluding hydrogens is 338 g/mol. The highest BCUT2D eigenvalue weighted by Gasteiger charge is 2.19. The molecule has 1 N–H and O–H groups in total. The fourth-order valence-corrected chi connectivity index (χ4v) is 3.93. The standard InChI is InChI=1S/C17H23N5O2S/c1-2-14-25(23,24)20-16-8-9-17(19-18-16)22-12-10-21(11-13-22)15-6-4-3-5-7-15/h3-9H,2,10-14H2,1H3,(H,18,20). The first-order valence-corrected chi connectivity index (χ1v) is 10.1. The van der Waals surface area contributed by atoms with Crippen LogP contribution in [0.2, 0.25) is 0 Å². The van der Waals surface area contributed by atoms with Crippen molar-refractivity contribution >= 4 is 27.3 Å². The molecule has 1 fully saturated rings. The lowest BCUT2D eigenvalue weighted by atomic mass is 10.2. The van der Waals surface area contributed by atoms with Gasteiger partial charge in [-0.05, 0) is 30.7 Å². The maximum atomic E-state index is 11.8. The molecule has 134 valence electrons. The van der Waals surface area contributed by atoms with Gasteiger partial charge in [0.05, 0.1) is 5.75 Å². The Bertz CT molecular complexity index is 772. The zero-order valence-electron chi connectivity index (χ0n) is 14.3. The Balaban J connectivity index is 1.59. The molecule has 25 heavy (non-hydrogen) atoms. The molecule has 0 radical (unpaired) electrons. The summed E-state index contributed by atoms with van der Waals surface area (Å²) in [7, 11) is -3.33. The monoisotopic (exact) mass is 361 g/mol. The van der Waals surface area contributed by atoms with Crippen LogP contribution in [0.1, 0.15) is 13.3 Å². The smallest absolute Gasteiger partial charge is 0.233 e. The van der Waals surface area contributed by atoms with Gasteiger partial charge in [-0.2, -0.15) is 0 Å². The second kappa shape index (κ2) is 7.69. The van der Waals surface area contributed by atoms with Gasteiger partial charge in [-0.25, -0.2) is 8.42 Å². The molecule has 1 aliphatic heterocycles. The van der Waals surface area contributed by atoms with Crippen molar-refractivity contribution in [3.63, 3.8) is 0 Å². The van der Waals surface area contributed by atoms with Crippen LogP contribution in [0.15, 0.2) is 42.5 Å². The van der Waals surface area contributed by atoms with Crippen LogP contribution < -0.4 is 14.5 Å². The van der Waals surface area contributed by atoms with Crippen molar-refractivity contribution in [2.24, 2.45) is 0 Å². The quantitative estimate of drug-likeness (QED) is 0.847. The van der Waals surface area contributed by atoms with Crippen molar-refractivity contribution in [3.05, 3.63) is 42.5 Å². The third-order valence-corrected chi connectivity index (χ3v) is 5.57. The van der Waals surface area contributed by atoms with Crippen LogP contribution in [0.5, 0.6) is 0 Å². The van der Waals surface area contributed by atoms with Crippen molar-refractivity contribution < 1.29 is 8.42 Å². The molecule has 0 bridgehead atoms. The number of nitrogens with zero attached hydrogens (tertiary/aromatic N) is 4. The summed E-state index contributed by atoms with van der Waals surface area (Å²) < 4.78 is 26.0. The summed E-state index contributed by atoms with van der Waals surface area (Å²) in [5.41, 5.74) is 1.23. The summed E-state index contributed by atoms with van der Waals surface area (Å²) in [4.78, 5) is 4.51. The molecule has 0 aliphatic carbocycles. The van der Waals surface area contributed by atoms with E-state index in [9.17, 15) is 8.42 Å². The summed E-state index contributed by atoms with van der Waals surface area (Å²) in [6.07, 6.45) is 0.562. The Labute approximate surface area is 148 Å². The van der Waals surface area contributed by atoms with Gasteiger partial charge >= 0.3 is 0 Å². The Morgan fingerprint density at radius 2 is 1.64 bits per heavy atom. The topological polar surface area (TPSA) is 78.4 Å². The van der Waals surface area contributed by atoms with E-state index in [2.05, 4.69) is 36.9 Å². The van der Waals surface area contributed by atoms with Crippen molar-refractivity contribution in [2.45, 2.75) is 13.3 Å². The maximum absolute atomic E-state index is 11.8. The average molecular weight is 361 g/mol. The summed E-state index contributed by atoms with van der Waals surface area (Å²) in [5, 5.41) is 8.18. The van der Waals surface area contributed by atoms with Crippen LogP contribution in [0, 0.1) is 0 Å². The zero-order chi connectivity index (χ0) is 17.7. The largest absolute Gasteiger partial charge is 0.368 e. The van der Waals surface area contributed by atoms with Crippen molar-refractivity contribution in [1.29, 1.82) is 0 Å². The highest BCUT2D eigenvalue weighted by Crippen LogP contribution is 2.19. The molecule has 1 aliphatic rings. The van der Waals surface area contributed by atoms with E-state index in [0.717, 1.165) is 32.0 Å². The Hall–Kier alpha value is -2.35. The summed E-state index contributed by atoms with van der Waals surface area (Å²) in [5.74, 6) is 1.11. The number of nitrogens with one attached hydrogen (secondary N) is 1. The molecule has 2 aromatic rings. The summed E-state index contributed by atoms with van der Waals surface area (Å²) in [6, 6.07) is 13.8. The van der Waals surface area contributed by atoms with Gasteiger partial charge in [0.25, 0.3) is 0 Å². The van der Waals surface area contributed by atoms with E-state index in [-0.39, 0.29) is 11.6 Å². The predicted octanol–water partition coefficient (Wildman–Crippen LogP) is 1.95. The number of para-hydroxylation sites is 1. The van der Waals surface area contributed by atoms with Crippen molar-refractivity contribution in [2.75, 3.05) is 46.5 Å². The van der Waals surface area contributed by atoms with Crippen LogP contribution in [-0.4, -0.2) is 50.5 Å². The molecule has 0 saturated carbocycles. The molecule has 0 atom stereocenters. The first-order chi connectivity index (χ1) is 12.1. The van der Waals surface area contributed by atoms with E-state index < -0.39 is 10.0 Å². The minimum atomic E-state index is -3.33. The third kappa shape index (κ3) is 4.60. The van der Waals surface area contributed by atoms with Gasteiger partial charge in [-0.3, -0.25) is 4.72 Å². The molecule has 1 aromatic heterocycles. The number of sulfonamides is 1. The summed E-state index contributed by atoms with van der Waals surface area (Å²) >= 11 is 0. The van der Waals surface area contributed by atoms with Crippen LogP contribution in [0.4, 0.5) is 17.3 Å². The number of anilines is 3. The molecule has 0 unspecified atom stereocenters. The summed E-state index contributed by atoms with van der Waals surface area (Å²) in [6.45, 7) is 5.35. The van der Waals surface area contributed by atoms with Gasteiger partial charge in [0, 0.05) is 31.9 Å². The number of piperazine rings is 1. The molecule has 7 nitrogen and oxygen atoms in total. The number of benzene rings is 1. The van der Waals surface area contributed by atoms with Crippen LogP contribution >= 0.6 is 0 Å². The van der Waals surface area contributed by atoms with E-state index in [1.807, 2.05) is 31.2 Å². The second-order valence-corrected chi connectivity index (χ2v) is 7.85. The van der Waals surface area contributed by atoms with Crippen molar-refractivity contribution in [1.82, 2.24) is 10.2 Å². The Morgan fingerprint density at radius 1 is 0.960 bits per heavy atom. The Morgan fingerprint density at radius 3 is 2.24 bits per heavy atom. The maximum Gasteiger partial charge on any atom is 0.233 e. The zero-order valence-corrected chi connectivity index (χ0v) is 15.1. The molecule has 2 heterocycles. The lowest BCUT2D eigenvalue weighted by molar-refractivity contribution is 0.599. The van der Waals surface area contributed by atoms with Crippen LogP contribution in [0.25, 0.3) is 0 Å². The van der Waals surface area contributed by atoms with E-state index in [0.29, 0.717) is 6.42 Å². The van der Waals surface area contributed by atoms with Gasteiger partial charge in [0.15, 0.2) is 11.6 Å². The number of aromatic nitrogens is 2. The first-order valence-electron chi connectivity index (χ1n) is 8.46. The molecule has 8 heteroatoms. The van der Waals surface area contributed by atoms with E-state index in [1.165, 1.54) is 5.69 Å². The SMILES string of the molecule is CCCS(=O)(=O)Nc1ccc(N2CCN(c3ccccc3)CC2)nn1. The van der Waals surface area contributed by atoms with Gasteiger partial charge in [-0.15, -0.1) is 10.2 Å². The van der Waals surface area contributed by atoms with E-state index in [4.69, 9.17) is 0 Å². The van der Waals surface area contributed by atoms with Crippen LogP contribution in [0.3, 0.4) is 0 Å². The molecular formula is C17H23N5O2S. The highest BCUT2D eigenvalue weighted by molar-refractivity contribution is 7.92. The number of hydrogen-bond acceptors (Lipinski definition) is 6. The van der Waals surface area contributed by atoms with Gasteiger partial charge in [0.1, 0.15) is 0 Å². The number of rotatable bonds is 6. The number of hydrogen-bond donors (Lipinski definition) is 1. The van der Waals surface area contributed by atoms with Crippen LogP contribution in [-0.2, 0) is 10.0 Å². The minimum absolute atomic E-state index is 0.0812. The average Bonchev–Trinajstić information content (AvgIpc) is 2.63. The van der Waals surface area contributed by atoms with Gasteiger partial charge in [0.2, 0.25) is 10.0 Å². The van der Waals surface area contributed by atoms with Gasteiger partial charge in [-0.1, -0.05) is 25.1 Å². The Kier molecular flexibility index (Phi) is 5.37. The fourth-order valence-electron chi connectivity index (χ4n) is 2.86. The normalized spacial score (nSPS) is 15.2. The molecule has 0 spiro atoms. The lowest BCUT2D eigenvalue weighted by Crippen LogP contribution is -2.46. The molecule has 1 aromatic carbocycles. The highest BCUT2D eigenvalue weighted by atomic mass is 32.2. The second-order valence-electron chi connectivity index (χ2n) is 6.01. The minimum Gasteiger partial charge on any atom is -0.368 e. The fraction of sp³-hybridized carbons (Fsp3) is 0.412.